The van der Waals surface area contributed by atoms with Gasteiger partial charge in [-0.15, -0.1) is 0 Å². The van der Waals surface area contributed by atoms with E-state index in [-0.39, 0.29) is 11.6 Å². The van der Waals surface area contributed by atoms with Crippen molar-refractivity contribution in [3.8, 4) is 5.82 Å². The molecule has 0 fully saturated rings. The summed E-state index contributed by atoms with van der Waals surface area (Å²) in [7, 11) is 0. The smallest absolute Gasteiger partial charge is 0.384 e. The molecule has 0 aliphatic rings. The van der Waals surface area contributed by atoms with Gasteiger partial charge in [-0.05, 0) is 6.42 Å². The Hall–Kier alpha value is -2.12. The van der Waals surface area contributed by atoms with Gasteiger partial charge >= 0.3 is 6.18 Å². The van der Waals surface area contributed by atoms with Gasteiger partial charge in [0.1, 0.15) is 17.5 Å². The zero-order valence-electron chi connectivity index (χ0n) is 10.1. The van der Waals surface area contributed by atoms with Crippen LogP contribution in [0.4, 0.5) is 19.0 Å². The van der Waals surface area contributed by atoms with Crippen LogP contribution in [-0.4, -0.2) is 19.5 Å². The molecular weight excluding hydrogens is 259 g/mol. The number of nitrogen functional groups attached to an aromatic ring is 1. The average molecular weight is 271 g/mol. The summed E-state index contributed by atoms with van der Waals surface area (Å²) < 4.78 is 39.4. The monoisotopic (exact) mass is 271 g/mol. The number of aromatic nitrogens is 4. The molecule has 19 heavy (non-hydrogen) atoms. The van der Waals surface area contributed by atoms with E-state index in [9.17, 15) is 13.2 Å². The highest BCUT2D eigenvalue weighted by Crippen LogP contribution is 2.27. The third kappa shape index (κ3) is 2.83. The van der Waals surface area contributed by atoms with Crippen molar-refractivity contribution >= 4 is 5.82 Å². The summed E-state index contributed by atoms with van der Waals surface area (Å²) in [6.07, 6.45) is -0.110. The molecule has 8 heteroatoms. The van der Waals surface area contributed by atoms with Crippen LogP contribution in [0.5, 0.6) is 0 Å². The molecule has 0 aromatic carbocycles. The molecule has 0 spiro atoms. The highest BCUT2D eigenvalue weighted by atomic mass is 19.4. The zero-order valence-corrected chi connectivity index (χ0v) is 10.1. The van der Waals surface area contributed by atoms with Crippen molar-refractivity contribution in [3.05, 3.63) is 30.1 Å². The minimum atomic E-state index is -4.63. The average Bonchev–Trinajstić information content (AvgIpc) is 2.76. The number of nitrogens with two attached hydrogens (primary N) is 1. The third-order valence-electron chi connectivity index (χ3n) is 2.42. The number of imidazole rings is 1. The van der Waals surface area contributed by atoms with E-state index >= 15 is 0 Å². The zero-order chi connectivity index (χ0) is 14.0. The van der Waals surface area contributed by atoms with Crippen LogP contribution >= 0.6 is 0 Å². The van der Waals surface area contributed by atoms with Gasteiger partial charge in [0.25, 0.3) is 0 Å². The second-order valence-corrected chi connectivity index (χ2v) is 3.94. The number of nitrogens with zero attached hydrogens (tertiary/aromatic N) is 4. The van der Waals surface area contributed by atoms with Crippen molar-refractivity contribution in [2.75, 3.05) is 5.73 Å². The normalized spacial score (nSPS) is 11.8. The topological polar surface area (TPSA) is 69.6 Å². The minimum absolute atomic E-state index is 0.0702. The number of aryl methyl sites for hydroxylation is 1. The quantitative estimate of drug-likeness (QED) is 0.929. The van der Waals surface area contributed by atoms with E-state index in [0.29, 0.717) is 12.2 Å². The van der Waals surface area contributed by atoms with Crippen molar-refractivity contribution in [2.45, 2.75) is 25.9 Å². The fraction of sp³-hybridized carbons (Fsp3) is 0.364. The summed E-state index contributed by atoms with van der Waals surface area (Å²) in [6, 6.07) is 1.29. The van der Waals surface area contributed by atoms with Crippen LogP contribution in [0.2, 0.25) is 0 Å². The largest absolute Gasteiger partial charge is 0.451 e. The molecule has 0 amide bonds. The van der Waals surface area contributed by atoms with Crippen LogP contribution in [0.1, 0.15) is 25.0 Å². The maximum atomic E-state index is 12.6. The summed E-state index contributed by atoms with van der Waals surface area (Å²) >= 11 is 0. The van der Waals surface area contributed by atoms with Crippen LogP contribution in [0.3, 0.4) is 0 Å². The van der Waals surface area contributed by atoms with Crippen LogP contribution in [-0.2, 0) is 12.6 Å². The number of anilines is 1. The second-order valence-electron chi connectivity index (χ2n) is 3.94. The molecular formula is C11H12F3N5. The Labute approximate surface area is 107 Å². The number of alkyl halides is 3. The molecule has 2 aromatic heterocycles. The lowest BCUT2D eigenvalue weighted by Gasteiger charge is -2.10. The Morgan fingerprint density at radius 3 is 2.68 bits per heavy atom. The molecule has 102 valence electrons. The molecule has 0 unspecified atom stereocenters. The molecule has 0 saturated heterocycles. The number of halogens is 3. The second kappa shape index (κ2) is 4.87. The first-order chi connectivity index (χ1) is 8.91. The Kier molecular flexibility index (Phi) is 3.41. The molecule has 2 aromatic rings. The lowest BCUT2D eigenvalue weighted by Crippen LogP contribution is -2.15. The van der Waals surface area contributed by atoms with Gasteiger partial charge in [0.15, 0.2) is 0 Å². The molecule has 0 aliphatic carbocycles. The van der Waals surface area contributed by atoms with Gasteiger partial charge < -0.3 is 5.73 Å². The molecule has 0 bridgehead atoms. The van der Waals surface area contributed by atoms with Gasteiger partial charge in [-0.1, -0.05) is 6.92 Å². The first-order valence-corrected chi connectivity index (χ1v) is 5.66. The SMILES string of the molecule is CCCc1nccn1-c1cc(N)nc(C(F)(F)F)n1. The van der Waals surface area contributed by atoms with Gasteiger partial charge in [0, 0.05) is 24.9 Å². The molecule has 0 saturated carbocycles. The maximum absolute atomic E-state index is 12.6. The molecule has 5 nitrogen and oxygen atoms in total. The summed E-state index contributed by atoms with van der Waals surface area (Å²) in [5.74, 6) is -0.776. The lowest BCUT2D eigenvalue weighted by atomic mass is 10.3. The molecule has 2 heterocycles. The van der Waals surface area contributed by atoms with Crippen molar-refractivity contribution in [3.63, 3.8) is 0 Å². The minimum Gasteiger partial charge on any atom is -0.384 e. The first-order valence-electron chi connectivity index (χ1n) is 5.66. The Bertz CT molecular complexity index is 576. The fourth-order valence-corrected chi connectivity index (χ4v) is 1.65. The van der Waals surface area contributed by atoms with Crippen molar-refractivity contribution in [1.29, 1.82) is 0 Å². The van der Waals surface area contributed by atoms with Crippen molar-refractivity contribution < 1.29 is 13.2 Å². The Morgan fingerprint density at radius 1 is 1.32 bits per heavy atom. The van der Waals surface area contributed by atoms with Crippen LogP contribution in [0.15, 0.2) is 18.5 Å². The van der Waals surface area contributed by atoms with E-state index in [1.807, 2.05) is 6.92 Å². The van der Waals surface area contributed by atoms with E-state index in [4.69, 9.17) is 5.73 Å². The van der Waals surface area contributed by atoms with E-state index < -0.39 is 12.0 Å². The highest BCUT2D eigenvalue weighted by Gasteiger charge is 2.35. The lowest BCUT2D eigenvalue weighted by molar-refractivity contribution is -0.144. The Balaban J connectivity index is 2.50. The van der Waals surface area contributed by atoms with E-state index in [2.05, 4.69) is 15.0 Å². The van der Waals surface area contributed by atoms with Gasteiger partial charge in [-0.25, -0.2) is 15.0 Å². The van der Waals surface area contributed by atoms with E-state index in [0.717, 1.165) is 6.42 Å². The van der Waals surface area contributed by atoms with Gasteiger partial charge in [-0.2, -0.15) is 13.2 Å². The fourth-order valence-electron chi connectivity index (χ4n) is 1.65. The molecule has 0 aliphatic heterocycles. The molecule has 0 radical (unpaired) electrons. The predicted octanol–water partition coefficient (Wildman–Crippen LogP) is 2.22. The third-order valence-corrected chi connectivity index (χ3v) is 2.42. The van der Waals surface area contributed by atoms with E-state index in [1.165, 1.54) is 16.8 Å². The summed E-state index contributed by atoms with van der Waals surface area (Å²) in [4.78, 5) is 10.8. The highest BCUT2D eigenvalue weighted by molar-refractivity contribution is 5.38. The first kappa shape index (κ1) is 13.3. The van der Waals surface area contributed by atoms with Gasteiger partial charge in [-0.3, -0.25) is 4.57 Å². The van der Waals surface area contributed by atoms with Gasteiger partial charge in [0.05, 0.1) is 0 Å². The standard InChI is InChI=1S/C11H12F3N5/c1-2-3-8-16-4-5-19(8)9-6-7(15)17-10(18-9)11(12,13)14/h4-6H,2-3H2,1H3,(H2,15,17,18). The van der Waals surface area contributed by atoms with Crippen LogP contribution in [0, 0.1) is 0 Å². The van der Waals surface area contributed by atoms with Gasteiger partial charge in [0.2, 0.25) is 5.82 Å². The number of hydrogen-bond donors (Lipinski definition) is 1. The van der Waals surface area contributed by atoms with Crippen LogP contribution in [0.25, 0.3) is 5.82 Å². The van der Waals surface area contributed by atoms with E-state index in [1.54, 1.807) is 6.20 Å². The van der Waals surface area contributed by atoms with Crippen LogP contribution < -0.4 is 5.73 Å². The maximum Gasteiger partial charge on any atom is 0.451 e. The molecule has 0 atom stereocenters. The molecule has 2 N–H and O–H groups in total. The summed E-state index contributed by atoms with van der Waals surface area (Å²) in [5, 5.41) is 0. The Morgan fingerprint density at radius 2 is 2.05 bits per heavy atom. The number of hydrogen-bond acceptors (Lipinski definition) is 4. The van der Waals surface area contributed by atoms with Crippen molar-refractivity contribution in [1.82, 2.24) is 19.5 Å². The summed E-state index contributed by atoms with van der Waals surface area (Å²) in [6.45, 7) is 1.95. The molecule has 2 rings (SSSR count). The predicted molar refractivity (Wildman–Crippen MR) is 62.6 cm³/mol. The van der Waals surface area contributed by atoms with Crippen molar-refractivity contribution in [2.24, 2.45) is 0 Å². The number of rotatable bonds is 3. The summed E-state index contributed by atoms with van der Waals surface area (Å²) in [5.41, 5.74) is 5.40.